The number of carboxylic acids is 1. The van der Waals surface area contributed by atoms with E-state index in [4.69, 9.17) is 28.3 Å². The van der Waals surface area contributed by atoms with Crippen LogP contribution in [0.4, 0.5) is 10.5 Å². The number of nitrogens with zero attached hydrogens (tertiary/aromatic N) is 1. The number of carboxylic acid groups (broad SMARTS) is 1. The Morgan fingerprint density at radius 3 is 2.36 bits per heavy atom. The molecule has 10 nitrogen and oxygen atoms in total. The molecule has 0 spiro atoms. The van der Waals surface area contributed by atoms with E-state index >= 15 is 0 Å². The van der Waals surface area contributed by atoms with Crippen molar-refractivity contribution < 1.29 is 27.9 Å². The van der Waals surface area contributed by atoms with Crippen LogP contribution in [0.3, 0.4) is 0 Å². The lowest BCUT2D eigenvalue weighted by molar-refractivity contribution is -0.136. The van der Waals surface area contributed by atoms with Gasteiger partial charge in [0.2, 0.25) is 0 Å². The summed E-state index contributed by atoms with van der Waals surface area (Å²) < 4.78 is 28.0. The summed E-state index contributed by atoms with van der Waals surface area (Å²) in [5.74, 6) is -1.58. The third kappa shape index (κ3) is 5.56. The monoisotopic (exact) mass is 512 g/mol. The molecule has 0 atom stereocenters. The zero-order chi connectivity index (χ0) is 24.3. The van der Waals surface area contributed by atoms with Crippen molar-refractivity contribution in [2.24, 2.45) is 7.05 Å². The highest BCUT2D eigenvalue weighted by Crippen LogP contribution is 2.32. The molecular formula is C20H18Cl2N4O6S. The van der Waals surface area contributed by atoms with E-state index in [1.165, 1.54) is 24.3 Å². The topological polar surface area (TPSA) is 147 Å². The number of carbonyl (C=O) groups is 3. The maximum atomic E-state index is 12.7. The normalized spacial score (nSPS) is 11.2. The highest BCUT2D eigenvalue weighted by Gasteiger charge is 2.19. The number of urea groups is 1. The highest BCUT2D eigenvalue weighted by molar-refractivity contribution is 7.90. The summed E-state index contributed by atoms with van der Waals surface area (Å²) in [7, 11) is -2.50. The Bertz CT molecular complexity index is 1350. The lowest BCUT2D eigenvalue weighted by Crippen LogP contribution is -2.40. The van der Waals surface area contributed by atoms with Gasteiger partial charge in [-0.15, -0.1) is 0 Å². The van der Waals surface area contributed by atoms with Crippen LogP contribution in [0, 0.1) is 0 Å². The molecule has 1 aromatic heterocycles. The minimum Gasteiger partial charge on any atom is -0.481 e. The second-order valence-corrected chi connectivity index (χ2v) is 9.33. The molecule has 3 amide bonds. The Balaban J connectivity index is 1.70. The summed E-state index contributed by atoms with van der Waals surface area (Å²) in [6, 6.07) is 9.07. The third-order valence-electron chi connectivity index (χ3n) is 4.62. The number of amides is 3. The van der Waals surface area contributed by atoms with Gasteiger partial charge in [-0.2, -0.15) is 0 Å². The van der Waals surface area contributed by atoms with Crippen molar-refractivity contribution in [3.63, 3.8) is 0 Å². The van der Waals surface area contributed by atoms with Gasteiger partial charge in [0.1, 0.15) is 5.69 Å². The molecular weight excluding hydrogens is 495 g/mol. The smallest absolute Gasteiger partial charge is 0.328 e. The first kappa shape index (κ1) is 24.4. The molecule has 0 aliphatic heterocycles. The zero-order valence-corrected chi connectivity index (χ0v) is 19.4. The number of hydrogen-bond donors (Lipinski definition) is 4. The van der Waals surface area contributed by atoms with Gasteiger partial charge in [0.25, 0.3) is 15.9 Å². The molecule has 0 saturated carbocycles. The molecule has 0 aliphatic rings. The van der Waals surface area contributed by atoms with E-state index in [0.717, 1.165) is 0 Å². The summed E-state index contributed by atoms with van der Waals surface area (Å²) >= 11 is 12.3. The fourth-order valence-corrected chi connectivity index (χ4v) is 4.29. The first-order valence-electron chi connectivity index (χ1n) is 9.37. The SMILES string of the molecule is Cn1c(C(=O)Nc2ccc(S(=O)(=O)NC(=O)NCCC(=O)O)cc2)cc2c(Cl)c(Cl)ccc21. The molecule has 4 N–H and O–H groups in total. The van der Waals surface area contributed by atoms with Crippen molar-refractivity contribution in [3.8, 4) is 0 Å². The van der Waals surface area contributed by atoms with Crippen molar-refractivity contribution in [1.29, 1.82) is 0 Å². The lowest BCUT2D eigenvalue weighted by Gasteiger charge is -2.10. The number of rotatable bonds is 7. The molecule has 3 aromatic rings. The predicted molar refractivity (Wildman–Crippen MR) is 123 cm³/mol. The third-order valence-corrected chi connectivity index (χ3v) is 6.79. The standard InChI is InChI=1S/C20H18Cl2N4O6S/c1-26-15-7-6-14(21)18(22)13(15)10-16(26)19(29)24-11-2-4-12(5-3-11)33(31,32)25-20(30)23-9-8-17(27)28/h2-7,10H,8-9H2,1H3,(H,24,29)(H,27,28)(H2,23,25,30). The molecule has 2 aromatic carbocycles. The van der Waals surface area contributed by atoms with Crippen LogP contribution < -0.4 is 15.4 Å². The van der Waals surface area contributed by atoms with Crippen LogP contribution in [-0.2, 0) is 21.9 Å². The van der Waals surface area contributed by atoms with Crippen LogP contribution >= 0.6 is 23.2 Å². The molecule has 1 heterocycles. The Kier molecular flexibility index (Phi) is 7.15. The molecule has 0 radical (unpaired) electrons. The number of halogens is 2. The minimum atomic E-state index is -4.19. The predicted octanol–water partition coefficient (Wildman–Crippen LogP) is 3.20. The van der Waals surface area contributed by atoms with Crippen LogP contribution in [0.1, 0.15) is 16.9 Å². The van der Waals surface area contributed by atoms with Gasteiger partial charge in [-0.25, -0.2) is 17.9 Å². The number of fused-ring (bicyclic) bond motifs is 1. The van der Waals surface area contributed by atoms with E-state index < -0.39 is 27.9 Å². The van der Waals surface area contributed by atoms with Gasteiger partial charge in [0.05, 0.1) is 21.4 Å². The van der Waals surface area contributed by atoms with Gasteiger partial charge in [-0.3, -0.25) is 9.59 Å². The van der Waals surface area contributed by atoms with E-state index in [2.05, 4.69) is 10.6 Å². The second kappa shape index (κ2) is 9.69. The first-order chi connectivity index (χ1) is 15.5. The Morgan fingerprint density at radius 2 is 1.73 bits per heavy atom. The van der Waals surface area contributed by atoms with E-state index in [9.17, 15) is 22.8 Å². The Labute approximate surface area is 198 Å². The number of aliphatic carboxylic acids is 1. The minimum absolute atomic E-state index is 0.222. The molecule has 0 bridgehead atoms. The van der Waals surface area contributed by atoms with Crippen LogP contribution in [0.5, 0.6) is 0 Å². The van der Waals surface area contributed by atoms with E-state index in [1.54, 1.807) is 34.5 Å². The number of carbonyl (C=O) groups excluding carboxylic acids is 2. The zero-order valence-electron chi connectivity index (χ0n) is 17.1. The molecule has 3 rings (SSSR count). The number of sulfonamides is 1. The highest BCUT2D eigenvalue weighted by atomic mass is 35.5. The van der Waals surface area contributed by atoms with Crippen LogP contribution in [-0.4, -0.2) is 42.5 Å². The van der Waals surface area contributed by atoms with E-state index in [1.807, 2.05) is 0 Å². The first-order valence-corrected chi connectivity index (χ1v) is 11.6. The van der Waals surface area contributed by atoms with Crippen LogP contribution in [0.2, 0.25) is 10.0 Å². The van der Waals surface area contributed by atoms with Gasteiger partial charge in [-0.05, 0) is 42.5 Å². The van der Waals surface area contributed by atoms with Gasteiger partial charge in [0, 0.05) is 30.2 Å². The van der Waals surface area contributed by atoms with Gasteiger partial charge in [0.15, 0.2) is 0 Å². The summed E-state index contributed by atoms with van der Waals surface area (Å²) in [6.07, 6.45) is -0.349. The summed E-state index contributed by atoms with van der Waals surface area (Å²) in [4.78, 5) is 34.6. The molecule has 13 heteroatoms. The average Bonchev–Trinajstić information content (AvgIpc) is 3.08. The number of hydrogen-bond acceptors (Lipinski definition) is 5. The Hall–Kier alpha value is -3.28. The lowest BCUT2D eigenvalue weighted by atomic mass is 10.2. The molecule has 33 heavy (non-hydrogen) atoms. The van der Waals surface area contributed by atoms with Gasteiger partial charge < -0.3 is 20.3 Å². The number of nitrogens with one attached hydrogen (secondary N) is 3. The fraction of sp³-hybridized carbons (Fsp3) is 0.150. The molecule has 0 saturated heterocycles. The largest absolute Gasteiger partial charge is 0.481 e. The number of aromatic nitrogens is 1. The van der Waals surface area contributed by atoms with Crippen LogP contribution in [0.25, 0.3) is 10.9 Å². The molecule has 174 valence electrons. The fourth-order valence-electron chi connectivity index (χ4n) is 2.98. The summed E-state index contributed by atoms with van der Waals surface area (Å²) in [6.45, 7) is -0.229. The number of anilines is 1. The Morgan fingerprint density at radius 1 is 1.06 bits per heavy atom. The summed E-state index contributed by atoms with van der Waals surface area (Å²) in [5, 5.41) is 14.7. The van der Waals surface area contributed by atoms with Crippen molar-refractivity contribution in [2.75, 3.05) is 11.9 Å². The number of aryl methyl sites for hydroxylation is 1. The van der Waals surface area contributed by atoms with Crippen molar-refractivity contribution >= 4 is 67.7 Å². The second-order valence-electron chi connectivity index (χ2n) is 6.87. The van der Waals surface area contributed by atoms with E-state index in [0.29, 0.717) is 32.3 Å². The van der Waals surface area contributed by atoms with Crippen molar-refractivity contribution in [2.45, 2.75) is 11.3 Å². The molecule has 0 aliphatic carbocycles. The number of benzene rings is 2. The van der Waals surface area contributed by atoms with Crippen LogP contribution in [0.15, 0.2) is 47.4 Å². The quantitative estimate of drug-likeness (QED) is 0.382. The molecule has 0 fully saturated rings. The van der Waals surface area contributed by atoms with Crippen molar-refractivity contribution in [3.05, 3.63) is 58.2 Å². The maximum absolute atomic E-state index is 12.7. The average molecular weight is 513 g/mol. The molecule has 0 unspecified atom stereocenters. The van der Waals surface area contributed by atoms with Gasteiger partial charge in [-0.1, -0.05) is 23.2 Å². The summed E-state index contributed by atoms with van der Waals surface area (Å²) in [5.41, 5.74) is 1.34. The maximum Gasteiger partial charge on any atom is 0.328 e. The van der Waals surface area contributed by atoms with E-state index in [-0.39, 0.29) is 17.9 Å². The van der Waals surface area contributed by atoms with Crippen molar-refractivity contribution in [1.82, 2.24) is 14.6 Å². The van der Waals surface area contributed by atoms with Gasteiger partial charge >= 0.3 is 12.0 Å².